The number of aryl methyl sites for hydroxylation is 1. The van der Waals surface area contributed by atoms with Gasteiger partial charge in [0.25, 0.3) is 5.91 Å². The Hall–Kier alpha value is -3.22. The molecule has 0 bridgehead atoms. The lowest BCUT2D eigenvalue weighted by atomic mass is 10.1. The fourth-order valence-electron chi connectivity index (χ4n) is 3.44. The van der Waals surface area contributed by atoms with E-state index in [0.29, 0.717) is 57.4 Å². The number of fused-ring (bicyclic) bond motifs is 2. The number of anilines is 1. The summed E-state index contributed by atoms with van der Waals surface area (Å²) in [5.41, 5.74) is 4.29. The minimum absolute atomic E-state index is 0.266. The molecule has 5 rings (SSSR count). The highest BCUT2D eigenvalue weighted by Gasteiger charge is 2.16. The van der Waals surface area contributed by atoms with E-state index in [9.17, 15) is 4.79 Å². The largest absolute Gasteiger partial charge is 0.486 e. The average Bonchev–Trinajstić information content (AvgIpc) is 3.17. The molecule has 2 N–H and O–H groups in total. The molecule has 0 aliphatic carbocycles. The van der Waals surface area contributed by atoms with Gasteiger partial charge in [0.2, 0.25) is 0 Å². The van der Waals surface area contributed by atoms with Gasteiger partial charge < -0.3 is 19.8 Å². The number of amides is 1. The molecule has 8 heteroatoms. The highest BCUT2D eigenvalue weighted by atomic mass is 35.5. The summed E-state index contributed by atoms with van der Waals surface area (Å²) in [6.07, 6.45) is 0. The average molecular weight is 454 g/mol. The maximum atomic E-state index is 12.8. The number of benzene rings is 3. The molecule has 3 aromatic carbocycles. The van der Waals surface area contributed by atoms with E-state index in [-0.39, 0.29) is 5.91 Å². The van der Waals surface area contributed by atoms with Crippen LogP contribution in [0.2, 0.25) is 10.0 Å². The fourth-order valence-corrected chi connectivity index (χ4v) is 3.80. The number of hydrogen-bond donors (Lipinski definition) is 2. The SMILES string of the molecule is Cc1cc2[nH]c(-c3cc(NC(=O)c4ccc5c(c4)OCCO5)ccc3Cl)nc2cc1Cl. The normalized spacial score (nSPS) is 12.7. The molecule has 1 aliphatic rings. The van der Waals surface area contributed by atoms with Crippen LogP contribution in [-0.4, -0.2) is 29.1 Å². The number of nitrogens with zero attached hydrogens (tertiary/aromatic N) is 1. The van der Waals surface area contributed by atoms with E-state index in [2.05, 4.69) is 15.3 Å². The molecular formula is C23H17Cl2N3O3. The van der Waals surface area contributed by atoms with Crippen LogP contribution < -0.4 is 14.8 Å². The highest BCUT2D eigenvalue weighted by Crippen LogP contribution is 2.33. The Morgan fingerprint density at radius 1 is 1.00 bits per heavy atom. The number of aromatic amines is 1. The second-order valence-electron chi connectivity index (χ2n) is 7.21. The first-order valence-electron chi connectivity index (χ1n) is 9.65. The summed E-state index contributed by atoms with van der Waals surface area (Å²) in [4.78, 5) is 20.6. The van der Waals surface area contributed by atoms with E-state index in [1.807, 2.05) is 19.1 Å². The van der Waals surface area contributed by atoms with Crippen LogP contribution >= 0.6 is 23.2 Å². The zero-order valence-electron chi connectivity index (χ0n) is 16.5. The summed E-state index contributed by atoms with van der Waals surface area (Å²) in [6.45, 7) is 2.89. The number of carbonyl (C=O) groups is 1. The molecule has 2 heterocycles. The quantitative estimate of drug-likeness (QED) is 0.406. The lowest BCUT2D eigenvalue weighted by Crippen LogP contribution is -2.17. The van der Waals surface area contributed by atoms with Crippen molar-refractivity contribution in [1.29, 1.82) is 0 Å². The van der Waals surface area contributed by atoms with E-state index in [0.717, 1.165) is 16.6 Å². The van der Waals surface area contributed by atoms with Crippen molar-refractivity contribution in [2.24, 2.45) is 0 Å². The predicted octanol–water partition coefficient (Wildman–Crippen LogP) is 5.87. The Balaban J connectivity index is 1.44. The Kier molecular flexibility index (Phi) is 4.96. The topological polar surface area (TPSA) is 76.2 Å². The lowest BCUT2D eigenvalue weighted by Gasteiger charge is -2.18. The monoisotopic (exact) mass is 453 g/mol. The van der Waals surface area contributed by atoms with Crippen molar-refractivity contribution in [2.75, 3.05) is 18.5 Å². The summed E-state index contributed by atoms with van der Waals surface area (Å²) >= 11 is 12.6. The summed E-state index contributed by atoms with van der Waals surface area (Å²) in [7, 11) is 0. The van der Waals surface area contributed by atoms with Gasteiger partial charge in [-0.05, 0) is 61.0 Å². The fraction of sp³-hybridized carbons (Fsp3) is 0.130. The van der Waals surface area contributed by atoms with Gasteiger partial charge >= 0.3 is 0 Å². The van der Waals surface area contributed by atoms with E-state index >= 15 is 0 Å². The van der Waals surface area contributed by atoms with Gasteiger partial charge in [0.05, 0.1) is 16.1 Å². The minimum atomic E-state index is -0.266. The van der Waals surface area contributed by atoms with Gasteiger partial charge in [0.1, 0.15) is 19.0 Å². The summed E-state index contributed by atoms with van der Waals surface area (Å²) < 4.78 is 11.1. The summed E-state index contributed by atoms with van der Waals surface area (Å²) in [5, 5.41) is 4.06. The predicted molar refractivity (Wildman–Crippen MR) is 122 cm³/mol. The maximum absolute atomic E-state index is 12.8. The van der Waals surface area contributed by atoms with Crippen LogP contribution in [0.4, 0.5) is 5.69 Å². The van der Waals surface area contributed by atoms with E-state index < -0.39 is 0 Å². The Bertz CT molecular complexity index is 1290. The van der Waals surface area contributed by atoms with Crippen molar-refractivity contribution in [2.45, 2.75) is 6.92 Å². The van der Waals surface area contributed by atoms with Crippen molar-refractivity contribution >= 4 is 45.8 Å². The van der Waals surface area contributed by atoms with Gasteiger partial charge in [-0.25, -0.2) is 4.98 Å². The smallest absolute Gasteiger partial charge is 0.255 e. The van der Waals surface area contributed by atoms with Crippen molar-refractivity contribution in [3.8, 4) is 22.9 Å². The van der Waals surface area contributed by atoms with Crippen LogP contribution in [0, 0.1) is 6.92 Å². The second kappa shape index (κ2) is 7.80. The molecular weight excluding hydrogens is 437 g/mol. The Morgan fingerprint density at radius 3 is 2.65 bits per heavy atom. The summed E-state index contributed by atoms with van der Waals surface area (Å²) in [6, 6.07) is 14.1. The van der Waals surface area contributed by atoms with Crippen molar-refractivity contribution in [3.05, 3.63) is 69.7 Å². The third kappa shape index (κ3) is 3.80. The van der Waals surface area contributed by atoms with Crippen molar-refractivity contribution in [3.63, 3.8) is 0 Å². The number of H-pyrrole nitrogens is 1. The maximum Gasteiger partial charge on any atom is 0.255 e. The minimum Gasteiger partial charge on any atom is -0.486 e. The number of hydrogen-bond acceptors (Lipinski definition) is 4. The molecule has 156 valence electrons. The molecule has 0 saturated heterocycles. The molecule has 4 aromatic rings. The van der Waals surface area contributed by atoms with E-state index in [4.69, 9.17) is 32.7 Å². The third-order valence-corrected chi connectivity index (χ3v) is 5.78. The molecule has 1 aromatic heterocycles. The van der Waals surface area contributed by atoms with Gasteiger partial charge in [0, 0.05) is 21.8 Å². The van der Waals surface area contributed by atoms with Gasteiger partial charge in [-0.15, -0.1) is 0 Å². The number of imidazole rings is 1. The first-order valence-corrected chi connectivity index (χ1v) is 10.4. The van der Waals surface area contributed by atoms with Gasteiger partial charge in [-0.2, -0.15) is 0 Å². The Labute approximate surface area is 188 Å². The van der Waals surface area contributed by atoms with Crippen molar-refractivity contribution in [1.82, 2.24) is 9.97 Å². The van der Waals surface area contributed by atoms with Crippen LogP contribution in [-0.2, 0) is 0 Å². The van der Waals surface area contributed by atoms with Gasteiger partial charge in [-0.3, -0.25) is 4.79 Å². The number of nitrogens with one attached hydrogen (secondary N) is 2. The van der Waals surface area contributed by atoms with Crippen LogP contribution in [0.15, 0.2) is 48.5 Å². The first-order chi connectivity index (χ1) is 15.0. The highest BCUT2D eigenvalue weighted by molar-refractivity contribution is 6.33. The number of carbonyl (C=O) groups excluding carboxylic acids is 1. The third-order valence-electron chi connectivity index (χ3n) is 5.05. The van der Waals surface area contributed by atoms with E-state index in [1.165, 1.54) is 0 Å². The molecule has 31 heavy (non-hydrogen) atoms. The summed E-state index contributed by atoms with van der Waals surface area (Å²) in [5.74, 6) is 1.53. The van der Waals surface area contributed by atoms with Crippen LogP contribution in [0.5, 0.6) is 11.5 Å². The lowest BCUT2D eigenvalue weighted by molar-refractivity contribution is 0.102. The Morgan fingerprint density at radius 2 is 1.81 bits per heavy atom. The molecule has 0 spiro atoms. The number of aromatic nitrogens is 2. The zero-order valence-corrected chi connectivity index (χ0v) is 18.0. The van der Waals surface area contributed by atoms with Gasteiger partial charge in [-0.1, -0.05) is 23.2 Å². The van der Waals surface area contributed by atoms with Crippen LogP contribution in [0.25, 0.3) is 22.4 Å². The number of rotatable bonds is 3. The number of ether oxygens (including phenoxy) is 2. The molecule has 0 unspecified atom stereocenters. The van der Waals surface area contributed by atoms with Gasteiger partial charge in [0.15, 0.2) is 11.5 Å². The van der Waals surface area contributed by atoms with Crippen LogP contribution in [0.1, 0.15) is 15.9 Å². The molecule has 0 saturated carbocycles. The van der Waals surface area contributed by atoms with E-state index in [1.54, 1.807) is 36.4 Å². The van der Waals surface area contributed by atoms with Crippen LogP contribution in [0.3, 0.4) is 0 Å². The number of halogens is 2. The molecule has 6 nitrogen and oxygen atoms in total. The molecule has 1 aliphatic heterocycles. The van der Waals surface area contributed by atoms with Crippen molar-refractivity contribution < 1.29 is 14.3 Å². The standard InChI is InChI=1S/C23H17Cl2N3O3/c1-12-8-18-19(11-17(12)25)28-22(27-18)15-10-14(3-4-16(15)24)26-23(29)13-2-5-20-21(9-13)31-7-6-30-20/h2-5,8-11H,6-7H2,1H3,(H,26,29)(H,27,28). The second-order valence-corrected chi connectivity index (χ2v) is 8.03. The molecule has 0 atom stereocenters. The zero-order chi connectivity index (χ0) is 21.5. The molecule has 1 amide bonds. The molecule has 0 radical (unpaired) electrons. The first kappa shape index (κ1) is 19.7. The molecule has 0 fully saturated rings.